The highest BCUT2D eigenvalue weighted by molar-refractivity contribution is 8.26. The maximum absolute atomic E-state index is 12.7. The summed E-state index contributed by atoms with van der Waals surface area (Å²) in [4.78, 5) is 26.7. The standard InChI is InChI=1S/C20H15ClN4O4S3/c21-9-17-23-24-19(32-17)22-16(26)11-29-13-5-3-12(4-6-13)8-15-18(27)25(20(30)31-15)10-14-2-1-7-28-14/h1-8H,9-11H2,(H,22,24,26)/b15-8-. The first-order valence-electron chi connectivity index (χ1n) is 9.20. The molecule has 1 N–H and O–H groups in total. The lowest BCUT2D eigenvalue weighted by Crippen LogP contribution is -2.27. The Hall–Kier alpha value is -2.73. The monoisotopic (exact) mass is 506 g/mol. The Balaban J connectivity index is 1.32. The van der Waals surface area contributed by atoms with Gasteiger partial charge in [0.2, 0.25) is 5.13 Å². The van der Waals surface area contributed by atoms with Crippen LogP contribution in [0, 0.1) is 0 Å². The number of thiocarbonyl (C=S) groups is 1. The van der Waals surface area contributed by atoms with Crippen molar-refractivity contribution in [2.75, 3.05) is 11.9 Å². The first-order valence-corrected chi connectivity index (χ1v) is 11.8. The molecule has 1 fully saturated rings. The van der Waals surface area contributed by atoms with Crippen LogP contribution < -0.4 is 10.1 Å². The molecular formula is C20H15ClN4O4S3. The molecule has 0 bridgehead atoms. The van der Waals surface area contributed by atoms with Gasteiger partial charge in [-0.25, -0.2) is 0 Å². The fraction of sp³-hybridized carbons (Fsp3) is 0.150. The number of furan rings is 1. The van der Waals surface area contributed by atoms with Gasteiger partial charge in [-0.05, 0) is 35.9 Å². The van der Waals surface area contributed by atoms with Crippen LogP contribution >= 0.6 is 46.9 Å². The van der Waals surface area contributed by atoms with Gasteiger partial charge in [0.05, 0.1) is 23.6 Å². The van der Waals surface area contributed by atoms with E-state index in [0.717, 1.165) is 5.56 Å². The van der Waals surface area contributed by atoms with Crippen LogP contribution in [-0.2, 0) is 22.0 Å². The van der Waals surface area contributed by atoms with Crippen molar-refractivity contribution in [3.8, 4) is 5.75 Å². The van der Waals surface area contributed by atoms with Crippen LogP contribution in [0.5, 0.6) is 5.75 Å². The van der Waals surface area contributed by atoms with E-state index in [2.05, 4.69) is 15.5 Å². The fourth-order valence-electron chi connectivity index (χ4n) is 2.67. The number of hydrogen-bond donors (Lipinski definition) is 1. The average molecular weight is 507 g/mol. The van der Waals surface area contributed by atoms with Gasteiger partial charge in [0, 0.05) is 0 Å². The van der Waals surface area contributed by atoms with Crippen molar-refractivity contribution in [1.29, 1.82) is 0 Å². The van der Waals surface area contributed by atoms with Crippen molar-refractivity contribution in [2.45, 2.75) is 12.4 Å². The first kappa shape index (κ1) is 22.5. The van der Waals surface area contributed by atoms with Gasteiger partial charge in [-0.15, -0.1) is 21.8 Å². The topological polar surface area (TPSA) is 97.6 Å². The molecule has 12 heteroatoms. The van der Waals surface area contributed by atoms with E-state index in [1.54, 1.807) is 48.7 Å². The number of amides is 2. The molecule has 0 saturated carbocycles. The summed E-state index contributed by atoms with van der Waals surface area (Å²) in [6.45, 7) is 0.120. The molecule has 164 valence electrons. The van der Waals surface area contributed by atoms with Gasteiger partial charge < -0.3 is 9.15 Å². The summed E-state index contributed by atoms with van der Waals surface area (Å²) in [6.07, 6.45) is 3.32. The zero-order valence-corrected chi connectivity index (χ0v) is 19.5. The van der Waals surface area contributed by atoms with Gasteiger partial charge in [-0.1, -0.05) is 47.4 Å². The Labute approximate surface area is 201 Å². The van der Waals surface area contributed by atoms with Crippen molar-refractivity contribution in [2.24, 2.45) is 0 Å². The molecule has 3 heterocycles. The molecule has 0 unspecified atom stereocenters. The van der Waals surface area contributed by atoms with Crippen LogP contribution in [0.15, 0.2) is 52.0 Å². The Morgan fingerprint density at radius 2 is 2.09 bits per heavy atom. The summed E-state index contributed by atoms with van der Waals surface area (Å²) >= 11 is 13.5. The zero-order valence-electron chi connectivity index (χ0n) is 16.3. The predicted molar refractivity (Wildman–Crippen MR) is 127 cm³/mol. The molecule has 0 aliphatic carbocycles. The number of aromatic nitrogens is 2. The number of anilines is 1. The van der Waals surface area contributed by atoms with E-state index in [1.165, 1.54) is 28.0 Å². The summed E-state index contributed by atoms with van der Waals surface area (Å²) in [7, 11) is 0. The second-order valence-corrected chi connectivity index (χ2v) is 9.39. The normalized spacial score (nSPS) is 14.9. The van der Waals surface area contributed by atoms with Crippen molar-refractivity contribution >= 4 is 74.3 Å². The second kappa shape index (κ2) is 10.3. The van der Waals surface area contributed by atoms with Crippen LogP contribution in [0.4, 0.5) is 5.13 Å². The third-order valence-electron chi connectivity index (χ3n) is 4.14. The third-order valence-corrected chi connectivity index (χ3v) is 6.77. The minimum absolute atomic E-state index is 0.164. The number of nitrogens with zero attached hydrogens (tertiary/aromatic N) is 3. The summed E-state index contributed by atoms with van der Waals surface area (Å²) in [6, 6.07) is 10.6. The van der Waals surface area contributed by atoms with Crippen molar-refractivity contribution in [1.82, 2.24) is 15.1 Å². The van der Waals surface area contributed by atoms with Crippen molar-refractivity contribution < 1.29 is 18.7 Å². The molecule has 0 atom stereocenters. The van der Waals surface area contributed by atoms with Gasteiger partial charge in [0.15, 0.2) is 6.61 Å². The summed E-state index contributed by atoms with van der Waals surface area (Å²) in [5.41, 5.74) is 0.808. The van der Waals surface area contributed by atoms with E-state index in [4.69, 9.17) is 33.0 Å². The van der Waals surface area contributed by atoms with Gasteiger partial charge in [0.25, 0.3) is 11.8 Å². The first-order chi connectivity index (χ1) is 15.5. The minimum Gasteiger partial charge on any atom is -0.484 e. The predicted octanol–water partition coefficient (Wildman–Crippen LogP) is 4.29. The van der Waals surface area contributed by atoms with E-state index in [-0.39, 0.29) is 24.3 Å². The number of thioether (sulfide) groups is 1. The van der Waals surface area contributed by atoms with Gasteiger partial charge in [0.1, 0.15) is 20.8 Å². The average Bonchev–Trinajstić information content (AvgIpc) is 3.52. The Morgan fingerprint density at radius 1 is 1.28 bits per heavy atom. The second-order valence-electron chi connectivity index (χ2n) is 6.39. The maximum atomic E-state index is 12.7. The largest absolute Gasteiger partial charge is 0.484 e. The van der Waals surface area contributed by atoms with Crippen LogP contribution in [0.2, 0.25) is 0 Å². The highest BCUT2D eigenvalue weighted by Crippen LogP contribution is 2.33. The number of nitrogens with one attached hydrogen (secondary N) is 1. The smallest absolute Gasteiger partial charge is 0.266 e. The lowest BCUT2D eigenvalue weighted by atomic mass is 10.2. The number of ether oxygens (including phenoxy) is 1. The molecular weight excluding hydrogens is 492 g/mol. The zero-order chi connectivity index (χ0) is 22.5. The Kier molecular flexibility index (Phi) is 7.20. The molecule has 1 aromatic carbocycles. The van der Waals surface area contributed by atoms with Crippen LogP contribution in [0.3, 0.4) is 0 Å². The quantitative estimate of drug-likeness (QED) is 0.274. The molecule has 4 rings (SSSR count). The number of carbonyl (C=O) groups excluding carboxylic acids is 2. The summed E-state index contributed by atoms with van der Waals surface area (Å²) in [5, 5.41) is 11.2. The number of rotatable bonds is 8. The SMILES string of the molecule is O=C(COc1ccc(/C=C2\SC(=S)N(Cc3ccco3)C2=O)cc1)Nc1nnc(CCl)s1. The minimum atomic E-state index is -0.355. The molecule has 2 aromatic heterocycles. The molecule has 3 aromatic rings. The molecule has 1 saturated heterocycles. The Morgan fingerprint density at radius 3 is 2.78 bits per heavy atom. The van der Waals surface area contributed by atoms with Gasteiger partial charge in [-0.2, -0.15) is 0 Å². The van der Waals surface area contributed by atoms with E-state index in [1.807, 2.05) is 0 Å². The molecule has 2 amide bonds. The van der Waals surface area contributed by atoms with Gasteiger partial charge >= 0.3 is 0 Å². The Bertz CT molecular complexity index is 1160. The number of hydrogen-bond acceptors (Lipinski definition) is 9. The molecule has 32 heavy (non-hydrogen) atoms. The van der Waals surface area contributed by atoms with Crippen molar-refractivity contribution in [3.63, 3.8) is 0 Å². The number of alkyl halides is 1. The van der Waals surface area contributed by atoms with E-state index >= 15 is 0 Å². The number of carbonyl (C=O) groups is 2. The van der Waals surface area contributed by atoms with Crippen molar-refractivity contribution in [3.05, 3.63) is 63.9 Å². The van der Waals surface area contributed by atoms with Crippen LogP contribution in [0.25, 0.3) is 6.08 Å². The highest BCUT2D eigenvalue weighted by Gasteiger charge is 2.32. The van der Waals surface area contributed by atoms with Crippen LogP contribution in [-0.4, -0.2) is 37.8 Å². The third kappa shape index (κ3) is 5.54. The number of halogens is 1. The van der Waals surface area contributed by atoms with E-state index < -0.39 is 0 Å². The van der Waals surface area contributed by atoms with E-state index in [9.17, 15) is 9.59 Å². The fourth-order valence-corrected chi connectivity index (χ4v) is 4.75. The maximum Gasteiger partial charge on any atom is 0.266 e. The van der Waals surface area contributed by atoms with Crippen LogP contribution in [0.1, 0.15) is 16.3 Å². The number of benzene rings is 1. The highest BCUT2D eigenvalue weighted by atomic mass is 35.5. The molecule has 8 nitrogen and oxygen atoms in total. The lowest BCUT2D eigenvalue weighted by molar-refractivity contribution is -0.122. The molecule has 0 spiro atoms. The summed E-state index contributed by atoms with van der Waals surface area (Å²) < 4.78 is 11.3. The molecule has 1 aliphatic rings. The molecule has 0 radical (unpaired) electrons. The lowest BCUT2D eigenvalue weighted by Gasteiger charge is -2.11. The molecule has 1 aliphatic heterocycles. The van der Waals surface area contributed by atoms with Gasteiger partial charge in [-0.3, -0.25) is 19.8 Å². The van der Waals surface area contributed by atoms with E-state index in [0.29, 0.717) is 37.4 Å². The summed E-state index contributed by atoms with van der Waals surface area (Å²) in [5.74, 6) is 0.902.